The third-order valence-electron chi connectivity index (χ3n) is 14.8. The molecule has 0 amide bonds. The van der Waals surface area contributed by atoms with Crippen LogP contribution in [0.25, 0.3) is 0 Å². The van der Waals surface area contributed by atoms with E-state index in [1.807, 2.05) is 19.9 Å². The fraction of sp³-hybridized carbons (Fsp3) is 0.705. The molecular weight excluding hydrogens is 637 g/mol. The second-order valence-corrected chi connectivity index (χ2v) is 19.5. The zero-order valence-corrected chi connectivity index (χ0v) is 33.7. The fourth-order valence-corrected chi connectivity index (χ4v) is 12.4. The highest BCUT2D eigenvalue weighted by atomic mass is 32.2. The Bertz CT molecular complexity index is 1530. The first-order valence-corrected chi connectivity index (χ1v) is 20.4. The van der Waals surface area contributed by atoms with E-state index in [-0.39, 0.29) is 45.1 Å². The van der Waals surface area contributed by atoms with Crippen LogP contribution in [-0.2, 0) is 20.1 Å². The first kappa shape index (κ1) is 38.9. The summed E-state index contributed by atoms with van der Waals surface area (Å²) >= 11 is 1.75. The van der Waals surface area contributed by atoms with Gasteiger partial charge >= 0.3 is 5.97 Å². The van der Waals surface area contributed by atoms with Crippen molar-refractivity contribution in [2.24, 2.45) is 61.7 Å². The van der Waals surface area contributed by atoms with Crippen LogP contribution < -0.4 is 5.84 Å². The molecule has 0 aromatic heterocycles. The SMILES string of the molecule is C=CC(C)(C)CC(=O)OC(C)CCC1(C)C(C)CCC2(C)C1CCC1C3=C(C(C)C)C(=O)CC3(/C(=N/N)SCc3ccc(C)cc3)CCC12C. The Morgan fingerprint density at radius 2 is 1.76 bits per heavy atom. The lowest BCUT2D eigenvalue weighted by molar-refractivity contribution is -0.184. The topological polar surface area (TPSA) is 81.8 Å². The standard InChI is InChI=1S/C44H66N2O3S/c1-12-40(7,8)26-36(48)49-31(6)20-21-41(9)30(5)19-22-43(11)35(41)18-17-33-38-37(28(2)3)34(47)25-44(38,24-23-42(33,43)10)39(46-45)50-27-32-15-13-29(4)14-16-32/h12-16,28,30-31,33,35H,1,17-27,45H2,2-11H3/b46-39-. The number of Topliss-reactive ketones (excluding diaryl/α,β-unsaturated/α-hetero) is 1. The van der Waals surface area contributed by atoms with E-state index in [2.05, 4.69) is 91.3 Å². The molecule has 0 radical (unpaired) electrons. The number of rotatable bonds is 11. The smallest absolute Gasteiger partial charge is 0.306 e. The van der Waals surface area contributed by atoms with Gasteiger partial charge in [0.1, 0.15) is 5.04 Å². The molecule has 5 nitrogen and oxygen atoms in total. The molecule has 8 unspecified atom stereocenters. The van der Waals surface area contributed by atoms with Crippen molar-refractivity contribution in [1.82, 2.24) is 0 Å². The first-order valence-electron chi connectivity index (χ1n) is 19.4. The number of ketones is 1. The van der Waals surface area contributed by atoms with Gasteiger partial charge in [-0.1, -0.05) is 91.3 Å². The number of allylic oxidation sites excluding steroid dienone is 3. The van der Waals surface area contributed by atoms with Gasteiger partial charge in [0.15, 0.2) is 5.78 Å². The van der Waals surface area contributed by atoms with Crippen molar-refractivity contribution >= 4 is 28.6 Å². The van der Waals surface area contributed by atoms with Crippen molar-refractivity contribution in [2.75, 3.05) is 0 Å². The summed E-state index contributed by atoms with van der Waals surface area (Å²) in [5.74, 6) is 8.96. The summed E-state index contributed by atoms with van der Waals surface area (Å²) in [5, 5.41) is 5.49. The molecule has 5 rings (SSSR count). The molecule has 0 heterocycles. The molecular formula is C44H66N2O3S. The first-order chi connectivity index (χ1) is 23.4. The molecule has 4 aliphatic rings. The zero-order valence-electron chi connectivity index (χ0n) is 32.9. The molecule has 0 saturated heterocycles. The molecule has 6 heteroatoms. The highest BCUT2D eigenvalue weighted by molar-refractivity contribution is 8.13. The van der Waals surface area contributed by atoms with Crippen LogP contribution in [0.1, 0.15) is 138 Å². The van der Waals surface area contributed by atoms with E-state index in [0.717, 1.165) is 54.9 Å². The van der Waals surface area contributed by atoms with Crippen LogP contribution in [0, 0.1) is 57.7 Å². The van der Waals surface area contributed by atoms with Crippen molar-refractivity contribution in [3.8, 4) is 0 Å². The van der Waals surface area contributed by atoms with Crippen molar-refractivity contribution in [1.29, 1.82) is 0 Å². The number of nitrogens with zero attached hydrogens (tertiary/aromatic N) is 1. The van der Waals surface area contributed by atoms with Gasteiger partial charge in [-0.25, -0.2) is 0 Å². The van der Waals surface area contributed by atoms with E-state index in [1.165, 1.54) is 29.5 Å². The van der Waals surface area contributed by atoms with Crippen molar-refractivity contribution < 1.29 is 14.3 Å². The molecule has 0 bridgehead atoms. The van der Waals surface area contributed by atoms with Crippen LogP contribution in [0.4, 0.5) is 0 Å². The maximum atomic E-state index is 14.1. The number of ether oxygens (including phenoxy) is 1. The van der Waals surface area contributed by atoms with Gasteiger partial charge in [-0.3, -0.25) is 9.59 Å². The lowest BCUT2D eigenvalue weighted by Gasteiger charge is -2.69. The van der Waals surface area contributed by atoms with Gasteiger partial charge in [0.2, 0.25) is 0 Å². The highest BCUT2D eigenvalue weighted by Gasteiger charge is 2.68. The Morgan fingerprint density at radius 3 is 2.38 bits per heavy atom. The van der Waals surface area contributed by atoms with E-state index in [0.29, 0.717) is 36.4 Å². The van der Waals surface area contributed by atoms with Crippen molar-refractivity contribution in [3.05, 3.63) is 59.2 Å². The summed E-state index contributed by atoms with van der Waals surface area (Å²) in [5.41, 5.74) is 4.67. The third kappa shape index (κ3) is 6.69. The number of thioether (sulfide) groups is 1. The fourth-order valence-electron chi connectivity index (χ4n) is 11.3. The Hall–Kier alpha value is -2.34. The van der Waals surface area contributed by atoms with E-state index in [1.54, 1.807) is 11.8 Å². The van der Waals surface area contributed by atoms with Crippen LogP contribution in [0.2, 0.25) is 0 Å². The Kier molecular flexibility index (Phi) is 11.1. The summed E-state index contributed by atoms with van der Waals surface area (Å²) < 4.78 is 5.97. The number of carbonyl (C=O) groups is 2. The minimum Gasteiger partial charge on any atom is -0.463 e. The van der Waals surface area contributed by atoms with Crippen LogP contribution >= 0.6 is 11.8 Å². The summed E-state index contributed by atoms with van der Waals surface area (Å²) in [7, 11) is 0. The van der Waals surface area contributed by atoms with E-state index in [9.17, 15) is 9.59 Å². The molecule has 3 saturated carbocycles. The monoisotopic (exact) mass is 702 g/mol. The number of hydrogen-bond acceptors (Lipinski definition) is 6. The molecule has 0 spiro atoms. The number of esters is 1. The maximum Gasteiger partial charge on any atom is 0.306 e. The maximum absolute atomic E-state index is 14.1. The van der Waals surface area contributed by atoms with Gasteiger partial charge in [-0.2, -0.15) is 5.10 Å². The van der Waals surface area contributed by atoms with Gasteiger partial charge in [0.05, 0.1) is 12.5 Å². The predicted molar refractivity (Wildman–Crippen MR) is 210 cm³/mol. The summed E-state index contributed by atoms with van der Waals surface area (Å²) in [6, 6.07) is 8.72. The van der Waals surface area contributed by atoms with Crippen molar-refractivity contribution in [2.45, 2.75) is 145 Å². The van der Waals surface area contributed by atoms with Gasteiger partial charge in [-0.05, 0) is 127 Å². The van der Waals surface area contributed by atoms with E-state index >= 15 is 0 Å². The third-order valence-corrected chi connectivity index (χ3v) is 16.0. The average molecular weight is 703 g/mol. The second kappa shape index (κ2) is 14.2. The lowest BCUT2D eigenvalue weighted by atomic mass is 9.35. The minimum atomic E-state index is -0.390. The molecule has 8 atom stereocenters. The summed E-state index contributed by atoms with van der Waals surface area (Å²) in [6.45, 7) is 26.8. The zero-order chi connectivity index (χ0) is 36.9. The lowest BCUT2D eigenvalue weighted by Crippen LogP contribution is -2.62. The molecule has 0 aliphatic heterocycles. The number of hydrogen-bond donors (Lipinski definition) is 1. The van der Waals surface area contributed by atoms with Crippen LogP contribution in [0.5, 0.6) is 0 Å². The number of nitrogens with two attached hydrogens (primary N) is 1. The molecule has 1 aromatic carbocycles. The van der Waals surface area contributed by atoms with Gasteiger partial charge < -0.3 is 10.6 Å². The quantitative estimate of drug-likeness (QED) is 0.0620. The average Bonchev–Trinajstić information content (AvgIpc) is 3.36. The predicted octanol–water partition coefficient (Wildman–Crippen LogP) is 11.0. The summed E-state index contributed by atoms with van der Waals surface area (Å²) in [4.78, 5) is 26.9. The largest absolute Gasteiger partial charge is 0.463 e. The molecule has 4 aliphatic carbocycles. The van der Waals surface area contributed by atoms with Gasteiger partial charge in [0.25, 0.3) is 0 Å². The molecule has 276 valence electrons. The van der Waals surface area contributed by atoms with E-state index < -0.39 is 0 Å². The van der Waals surface area contributed by atoms with Crippen LogP contribution in [0.3, 0.4) is 0 Å². The normalized spacial score (nSPS) is 35.0. The van der Waals surface area contributed by atoms with Crippen LogP contribution in [0.15, 0.2) is 53.2 Å². The molecule has 1 aromatic rings. The Balaban J connectivity index is 1.43. The molecule has 3 fully saturated rings. The second-order valence-electron chi connectivity index (χ2n) is 18.5. The van der Waals surface area contributed by atoms with E-state index in [4.69, 9.17) is 10.6 Å². The minimum absolute atomic E-state index is 0.0661. The van der Waals surface area contributed by atoms with Gasteiger partial charge in [0, 0.05) is 17.6 Å². The van der Waals surface area contributed by atoms with Crippen LogP contribution in [-0.4, -0.2) is 22.9 Å². The number of benzene rings is 1. The Labute approximate surface area is 308 Å². The number of aryl methyl sites for hydroxylation is 1. The highest BCUT2D eigenvalue weighted by Crippen LogP contribution is 2.75. The number of carbonyl (C=O) groups excluding carboxylic acids is 2. The number of fused-ring (bicyclic) bond motifs is 5. The van der Waals surface area contributed by atoms with Gasteiger partial charge in [-0.15, -0.1) is 18.3 Å². The number of hydrazone groups is 1. The molecule has 50 heavy (non-hydrogen) atoms. The Morgan fingerprint density at radius 1 is 1.08 bits per heavy atom. The van der Waals surface area contributed by atoms with Crippen molar-refractivity contribution in [3.63, 3.8) is 0 Å². The molecule has 2 N–H and O–H groups in total. The summed E-state index contributed by atoms with van der Waals surface area (Å²) in [6.07, 6.45) is 11.2.